The third-order valence-electron chi connectivity index (χ3n) is 3.01. The van der Waals surface area contributed by atoms with Crippen LogP contribution in [0.2, 0.25) is 0 Å². The van der Waals surface area contributed by atoms with Crippen LogP contribution in [0.5, 0.6) is 0 Å². The standard InChI is InChI=1S/C15H12N6O2/c16-14(22)11-5-4-10(8-18-11)19-15(23)12-2-1-3-13(20-12)21-7-6-17-9-21/h1-9H,(H2,16,22)(H,19,23). The first-order chi connectivity index (χ1) is 11.1. The SMILES string of the molecule is NC(=O)c1ccc(NC(=O)c2cccc(-n3ccnc3)n2)cn1. The third kappa shape index (κ3) is 3.21. The molecule has 3 aromatic heterocycles. The van der Waals surface area contributed by atoms with Crippen LogP contribution in [-0.2, 0) is 0 Å². The van der Waals surface area contributed by atoms with Crippen molar-refractivity contribution in [1.29, 1.82) is 0 Å². The van der Waals surface area contributed by atoms with Crippen molar-refractivity contribution in [2.75, 3.05) is 5.32 Å². The van der Waals surface area contributed by atoms with E-state index in [-0.39, 0.29) is 17.3 Å². The number of nitrogens with one attached hydrogen (secondary N) is 1. The van der Waals surface area contributed by atoms with Gasteiger partial charge in [-0.05, 0) is 24.3 Å². The molecule has 0 fully saturated rings. The van der Waals surface area contributed by atoms with Gasteiger partial charge in [-0.15, -0.1) is 0 Å². The summed E-state index contributed by atoms with van der Waals surface area (Å²) in [4.78, 5) is 35.3. The highest BCUT2D eigenvalue weighted by Gasteiger charge is 2.10. The Morgan fingerprint density at radius 3 is 2.65 bits per heavy atom. The number of carbonyl (C=O) groups excluding carboxylic acids is 2. The van der Waals surface area contributed by atoms with Crippen LogP contribution in [0.4, 0.5) is 5.69 Å². The first kappa shape index (κ1) is 14.4. The Kier molecular flexibility index (Phi) is 3.79. The summed E-state index contributed by atoms with van der Waals surface area (Å²) in [6.45, 7) is 0. The van der Waals surface area contributed by atoms with E-state index in [1.807, 2.05) is 0 Å². The van der Waals surface area contributed by atoms with Crippen LogP contribution >= 0.6 is 0 Å². The fourth-order valence-corrected chi connectivity index (χ4v) is 1.90. The van der Waals surface area contributed by atoms with Gasteiger partial charge in [0, 0.05) is 12.4 Å². The van der Waals surface area contributed by atoms with E-state index in [9.17, 15) is 9.59 Å². The van der Waals surface area contributed by atoms with Gasteiger partial charge in [-0.1, -0.05) is 6.07 Å². The van der Waals surface area contributed by atoms with E-state index in [1.165, 1.54) is 12.3 Å². The molecule has 0 saturated heterocycles. The van der Waals surface area contributed by atoms with Crippen LogP contribution in [0.3, 0.4) is 0 Å². The van der Waals surface area contributed by atoms with Crippen LogP contribution in [0, 0.1) is 0 Å². The Morgan fingerprint density at radius 2 is 2.00 bits per heavy atom. The van der Waals surface area contributed by atoms with E-state index in [2.05, 4.69) is 20.3 Å². The van der Waals surface area contributed by atoms with Gasteiger partial charge in [0.25, 0.3) is 11.8 Å². The third-order valence-corrected chi connectivity index (χ3v) is 3.01. The van der Waals surface area contributed by atoms with Gasteiger partial charge in [0.1, 0.15) is 23.5 Å². The molecule has 3 aromatic rings. The molecule has 3 N–H and O–H groups in total. The maximum absolute atomic E-state index is 12.2. The topological polar surface area (TPSA) is 116 Å². The van der Waals surface area contributed by atoms with Crippen LogP contribution in [0.25, 0.3) is 5.82 Å². The van der Waals surface area contributed by atoms with Gasteiger partial charge in [0.15, 0.2) is 0 Å². The summed E-state index contributed by atoms with van der Waals surface area (Å²) in [5.41, 5.74) is 5.93. The highest BCUT2D eigenvalue weighted by atomic mass is 16.2. The molecule has 0 unspecified atom stereocenters. The zero-order valence-corrected chi connectivity index (χ0v) is 11.9. The minimum Gasteiger partial charge on any atom is -0.364 e. The molecule has 8 heteroatoms. The second-order valence-electron chi connectivity index (χ2n) is 4.60. The molecule has 0 radical (unpaired) electrons. The maximum atomic E-state index is 12.2. The Hall–Kier alpha value is -3.55. The second-order valence-corrected chi connectivity index (χ2v) is 4.60. The van der Waals surface area contributed by atoms with Gasteiger partial charge in [-0.25, -0.2) is 15.0 Å². The van der Waals surface area contributed by atoms with Gasteiger partial charge < -0.3 is 11.1 Å². The highest BCUT2D eigenvalue weighted by Crippen LogP contribution is 2.10. The van der Waals surface area contributed by atoms with Gasteiger partial charge in [0.05, 0.1) is 11.9 Å². The molecule has 0 spiro atoms. The van der Waals surface area contributed by atoms with E-state index in [1.54, 1.807) is 47.6 Å². The summed E-state index contributed by atoms with van der Waals surface area (Å²) < 4.78 is 1.69. The van der Waals surface area contributed by atoms with Crippen molar-refractivity contribution in [1.82, 2.24) is 19.5 Å². The van der Waals surface area contributed by atoms with E-state index < -0.39 is 5.91 Å². The minimum absolute atomic E-state index is 0.128. The molecule has 0 aliphatic carbocycles. The lowest BCUT2D eigenvalue weighted by molar-refractivity contribution is 0.0994. The number of anilines is 1. The molecule has 2 amide bonds. The number of rotatable bonds is 4. The lowest BCUT2D eigenvalue weighted by atomic mass is 10.3. The Balaban J connectivity index is 1.78. The smallest absolute Gasteiger partial charge is 0.274 e. The number of nitrogens with zero attached hydrogens (tertiary/aromatic N) is 4. The molecule has 3 heterocycles. The Labute approximate surface area is 131 Å². The zero-order valence-electron chi connectivity index (χ0n) is 11.9. The van der Waals surface area contributed by atoms with E-state index in [0.717, 1.165) is 0 Å². The van der Waals surface area contributed by atoms with Crippen molar-refractivity contribution < 1.29 is 9.59 Å². The molecule has 3 rings (SSSR count). The summed E-state index contributed by atoms with van der Waals surface area (Å²) >= 11 is 0. The summed E-state index contributed by atoms with van der Waals surface area (Å²) in [6.07, 6.45) is 6.31. The summed E-state index contributed by atoms with van der Waals surface area (Å²) in [5, 5.41) is 2.66. The predicted molar refractivity (Wildman–Crippen MR) is 82.1 cm³/mol. The number of amides is 2. The molecule has 114 valence electrons. The van der Waals surface area contributed by atoms with Crippen LogP contribution in [0.1, 0.15) is 21.0 Å². The van der Waals surface area contributed by atoms with Gasteiger partial charge in [-0.3, -0.25) is 14.2 Å². The molecule has 0 saturated carbocycles. The van der Waals surface area contributed by atoms with Crippen molar-refractivity contribution in [2.24, 2.45) is 5.73 Å². The van der Waals surface area contributed by atoms with Crippen molar-refractivity contribution in [3.63, 3.8) is 0 Å². The quantitative estimate of drug-likeness (QED) is 0.746. The van der Waals surface area contributed by atoms with E-state index >= 15 is 0 Å². The highest BCUT2D eigenvalue weighted by molar-refractivity contribution is 6.03. The van der Waals surface area contributed by atoms with Crippen molar-refractivity contribution in [2.45, 2.75) is 0 Å². The first-order valence-corrected chi connectivity index (χ1v) is 6.66. The molecule has 0 aliphatic rings. The largest absolute Gasteiger partial charge is 0.364 e. The van der Waals surface area contributed by atoms with Gasteiger partial charge in [0.2, 0.25) is 0 Å². The Bertz CT molecular complexity index is 843. The average molecular weight is 308 g/mol. The number of nitrogens with two attached hydrogens (primary N) is 1. The number of imidazole rings is 1. The molecular formula is C15H12N6O2. The van der Waals surface area contributed by atoms with Crippen molar-refractivity contribution >= 4 is 17.5 Å². The fraction of sp³-hybridized carbons (Fsp3) is 0. The summed E-state index contributed by atoms with van der Waals surface area (Å²) in [7, 11) is 0. The summed E-state index contributed by atoms with van der Waals surface area (Å²) in [6, 6.07) is 8.08. The monoisotopic (exact) mass is 308 g/mol. The van der Waals surface area contributed by atoms with Gasteiger partial charge in [-0.2, -0.15) is 0 Å². The molecule has 23 heavy (non-hydrogen) atoms. The summed E-state index contributed by atoms with van der Waals surface area (Å²) in [5.74, 6) is -0.435. The lowest BCUT2D eigenvalue weighted by Crippen LogP contribution is -2.16. The van der Waals surface area contributed by atoms with Crippen LogP contribution in [-0.4, -0.2) is 31.3 Å². The maximum Gasteiger partial charge on any atom is 0.274 e. The number of carbonyl (C=O) groups is 2. The van der Waals surface area contributed by atoms with E-state index in [4.69, 9.17) is 5.73 Å². The average Bonchev–Trinajstić information content (AvgIpc) is 3.10. The predicted octanol–water partition coefficient (Wildman–Crippen LogP) is 1.01. The van der Waals surface area contributed by atoms with Crippen molar-refractivity contribution in [3.8, 4) is 5.82 Å². The minimum atomic E-state index is -0.627. The molecule has 0 aromatic carbocycles. The van der Waals surface area contributed by atoms with E-state index in [0.29, 0.717) is 11.5 Å². The Morgan fingerprint density at radius 1 is 1.13 bits per heavy atom. The number of hydrogen-bond acceptors (Lipinski definition) is 5. The first-order valence-electron chi connectivity index (χ1n) is 6.66. The number of aromatic nitrogens is 4. The zero-order chi connectivity index (χ0) is 16.2. The van der Waals surface area contributed by atoms with Crippen LogP contribution in [0.15, 0.2) is 55.2 Å². The lowest BCUT2D eigenvalue weighted by Gasteiger charge is -2.06. The van der Waals surface area contributed by atoms with Crippen LogP contribution < -0.4 is 11.1 Å². The molecular weight excluding hydrogens is 296 g/mol. The molecule has 8 nitrogen and oxygen atoms in total. The number of hydrogen-bond donors (Lipinski definition) is 2. The number of pyridine rings is 2. The molecule has 0 bridgehead atoms. The normalized spacial score (nSPS) is 10.3. The van der Waals surface area contributed by atoms with Gasteiger partial charge >= 0.3 is 0 Å². The molecule has 0 atom stereocenters. The number of primary amides is 1. The molecule has 0 aliphatic heterocycles. The fourth-order valence-electron chi connectivity index (χ4n) is 1.90. The second kappa shape index (κ2) is 6.06. The van der Waals surface area contributed by atoms with Crippen molar-refractivity contribution in [3.05, 3.63) is 66.6 Å².